The molecular weight excluding hydrogens is 340 g/mol. The fourth-order valence-corrected chi connectivity index (χ4v) is 4.70. The van der Waals surface area contributed by atoms with Gasteiger partial charge >= 0.3 is 0 Å². The van der Waals surface area contributed by atoms with Crippen molar-refractivity contribution in [1.82, 2.24) is 10.0 Å². The van der Waals surface area contributed by atoms with Crippen molar-refractivity contribution in [1.29, 1.82) is 5.26 Å². The largest absolute Gasteiger partial charge is 0.274 e. The highest BCUT2D eigenvalue weighted by Gasteiger charge is 2.62. The molecule has 0 bridgehead atoms. The smallest absolute Gasteiger partial charge is 0.253 e. The molecule has 27 heavy (non-hydrogen) atoms. The minimum Gasteiger partial charge on any atom is -0.274 e. The van der Waals surface area contributed by atoms with E-state index in [1.807, 2.05) is 30.3 Å². The molecule has 0 spiro atoms. The quantitative estimate of drug-likeness (QED) is 0.769. The minimum absolute atomic E-state index is 0.139. The number of fused-ring (bicyclic) bond motifs is 3. The van der Waals surface area contributed by atoms with E-state index in [0.717, 1.165) is 25.1 Å². The minimum atomic E-state index is -0.444. The number of carbonyl (C=O) groups is 2. The van der Waals surface area contributed by atoms with Gasteiger partial charge < -0.3 is 0 Å². The van der Waals surface area contributed by atoms with Crippen LogP contribution in [0.1, 0.15) is 23.6 Å². The van der Waals surface area contributed by atoms with Crippen molar-refractivity contribution in [2.24, 2.45) is 5.92 Å². The summed E-state index contributed by atoms with van der Waals surface area (Å²) in [6.45, 7) is 1.62. The van der Waals surface area contributed by atoms with Crippen molar-refractivity contribution in [3.05, 3.63) is 65.7 Å². The van der Waals surface area contributed by atoms with Crippen molar-refractivity contribution in [2.75, 3.05) is 18.0 Å². The highest BCUT2D eigenvalue weighted by molar-refractivity contribution is 6.24. The van der Waals surface area contributed by atoms with E-state index in [4.69, 9.17) is 5.26 Å². The van der Waals surface area contributed by atoms with Crippen LogP contribution in [0.2, 0.25) is 0 Å². The Morgan fingerprint density at radius 2 is 1.52 bits per heavy atom. The number of para-hydroxylation sites is 1. The van der Waals surface area contributed by atoms with Gasteiger partial charge in [-0.2, -0.15) is 5.26 Å². The number of anilines is 1. The van der Waals surface area contributed by atoms with Gasteiger partial charge in [-0.15, -0.1) is 0 Å². The maximum absolute atomic E-state index is 13.3. The van der Waals surface area contributed by atoms with Gasteiger partial charge in [-0.25, -0.2) is 14.9 Å². The fraction of sp³-hybridized carbons (Fsp3) is 0.286. The molecular formula is C21H18N4O2. The van der Waals surface area contributed by atoms with Crippen molar-refractivity contribution < 1.29 is 9.59 Å². The first-order valence-corrected chi connectivity index (χ1v) is 9.17. The van der Waals surface area contributed by atoms with Crippen LogP contribution in [0, 0.1) is 17.2 Å². The first kappa shape index (κ1) is 16.2. The fourth-order valence-electron chi connectivity index (χ4n) is 4.70. The summed E-state index contributed by atoms with van der Waals surface area (Å²) in [5, 5.41) is 13.3. The van der Waals surface area contributed by atoms with Crippen LogP contribution in [0.25, 0.3) is 0 Å². The monoisotopic (exact) mass is 358 g/mol. The number of hydrogen-bond acceptors (Lipinski definition) is 5. The van der Waals surface area contributed by atoms with E-state index in [9.17, 15) is 9.59 Å². The number of carbonyl (C=O) groups excluding carboxylic acids is 2. The molecule has 0 N–H and O–H groups in total. The Hall–Kier alpha value is -3.01. The molecule has 3 saturated heterocycles. The molecule has 0 unspecified atom stereocenters. The van der Waals surface area contributed by atoms with E-state index in [0.29, 0.717) is 11.3 Å². The number of nitriles is 1. The number of hydrazine groups is 1. The highest BCUT2D eigenvalue weighted by atomic mass is 16.2. The molecule has 2 aromatic rings. The van der Waals surface area contributed by atoms with Gasteiger partial charge in [-0.05, 0) is 36.2 Å². The van der Waals surface area contributed by atoms with Crippen LogP contribution in [0.15, 0.2) is 54.6 Å². The zero-order valence-corrected chi connectivity index (χ0v) is 14.7. The standard InChI is InChI=1S/C21H18N4O2/c22-13-14-7-9-15(10-8-14)18-17-19(24-12-4-11-23(18)24)21(27)25(20(17)26)16-5-2-1-3-6-16/h1-3,5-10,17-19H,4,11-12H2/t17-,18+,19+/m0/s1. The third-order valence-electron chi connectivity index (χ3n) is 5.80. The molecule has 0 radical (unpaired) electrons. The molecule has 6 heteroatoms. The Balaban J connectivity index is 1.58. The van der Waals surface area contributed by atoms with E-state index in [-0.39, 0.29) is 17.9 Å². The zero-order chi connectivity index (χ0) is 18.5. The number of hydrogen-bond donors (Lipinski definition) is 0. The van der Waals surface area contributed by atoms with Gasteiger partial charge in [-0.3, -0.25) is 9.59 Å². The molecule has 3 atom stereocenters. The Bertz CT molecular complexity index is 950. The molecule has 3 heterocycles. The second-order valence-electron chi connectivity index (χ2n) is 7.18. The van der Waals surface area contributed by atoms with Crippen molar-refractivity contribution in [3.8, 4) is 6.07 Å². The Morgan fingerprint density at radius 1 is 0.852 bits per heavy atom. The average Bonchev–Trinajstić information content (AvgIpc) is 3.35. The van der Waals surface area contributed by atoms with E-state index in [1.54, 1.807) is 24.3 Å². The lowest BCUT2D eigenvalue weighted by Gasteiger charge is -2.29. The summed E-state index contributed by atoms with van der Waals surface area (Å²) in [6, 6.07) is 18.0. The van der Waals surface area contributed by atoms with Crippen molar-refractivity contribution >= 4 is 17.5 Å². The molecule has 0 aromatic heterocycles. The van der Waals surface area contributed by atoms with Gasteiger partial charge in [0.1, 0.15) is 6.04 Å². The summed E-state index contributed by atoms with van der Waals surface area (Å²) < 4.78 is 0. The Kier molecular flexibility index (Phi) is 3.61. The van der Waals surface area contributed by atoms with Crippen LogP contribution in [-0.2, 0) is 9.59 Å². The van der Waals surface area contributed by atoms with Crippen LogP contribution in [0.4, 0.5) is 5.69 Å². The van der Waals surface area contributed by atoms with Gasteiger partial charge in [0, 0.05) is 13.1 Å². The topological polar surface area (TPSA) is 67.6 Å². The maximum atomic E-state index is 13.3. The summed E-state index contributed by atoms with van der Waals surface area (Å²) in [5.41, 5.74) is 2.20. The third-order valence-corrected chi connectivity index (χ3v) is 5.80. The van der Waals surface area contributed by atoms with Crippen LogP contribution in [0.3, 0.4) is 0 Å². The number of amides is 2. The molecule has 0 aliphatic carbocycles. The molecule has 0 saturated carbocycles. The first-order valence-electron chi connectivity index (χ1n) is 9.17. The lowest BCUT2D eigenvalue weighted by molar-refractivity contribution is -0.126. The second-order valence-corrected chi connectivity index (χ2v) is 7.18. The van der Waals surface area contributed by atoms with Gasteiger partial charge in [0.25, 0.3) is 5.91 Å². The number of benzene rings is 2. The van der Waals surface area contributed by atoms with E-state index in [1.165, 1.54) is 4.90 Å². The highest BCUT2D eigenvalue weighted by Crippen LogP contribution is 2.48. The van der Waals surface area contributed by atoms with E-state index >= 15 is 0 Å². The molecule has 3 aliphatic heterocycles. The second kappa shape index (κ2) is 6.02. The molecule has 6 nitrogen and oxygen atoms in total. The van der Waals surface area contributed by atoms with Crippen LogP contribution >= 0.6 is 0 Å². The Morgan fingerprint density at radius 3 is 2.19 bits per heavy atom. The van der Waals surface area contributed by atoms with E-state index < -0.39 is 12.0 Å². The van der Waals surface area contributed by atoms with Gasteiger partial charge in [0.15, 0.2) is 0 Å². The molecule has 134 valence electrons. The number of rotatable bonds is 2. The lowest BCUT2D eigenvalue weighted by atomic mass is 9.89. The number of imide groups is 1. The lowest BCUT2D eigenvalue weighted by Crippen LogP contribution is -2.44. The Labute approximate surface area is 157 Å². The maximum Gasteiger partial charge on any atom is 0.253 e. The molecule has 5 rings (SSSR count). The molecule has 2 amide bonds. The van der Waals surface area contributed by atoms with Crippen LogP contribution < -0.4 is 4.90 Å². The summed E-state index contributed by atoms with van der Waals surface area (Å²) in [6.07, 6.45) is 0.975. The third kappa shape index (κ3) is 2.26. The molecule has 3 fully saturated rings. The summed E-state index contributed by atoms with van der Waals surface area (Å²) >= 11 is 0. The van der Waals surface area contributed by atoms with Crippen LogP contribution in [0.5, 0.6) is 0 Å². The number of nitrogens with zero attached hydrogens (tertiary/aromatic N) is 4. The van der Waals surface area contributed by atoms with Gasteiger partial charge in [0.2, 0.25) is 5.91 Å². The zero-order valence-electron chi connectivity index (χ0n) is 14.7. The van der Waals surface area contributed by atoms with Gasteiger partial charge in [0.05, 0.1) is 29.3 Å². The van der Waals surface area contributed by atoms with Crippen LogP contribution in [-0.4, -0.2) is 41.0 Å². The molecule has 3 aliphatic rings. The summed E-state index contributed by atoms with van der Waals surface area (Å²) in [5.74, 6) is -0.704. The first-order chi connectivity index (χ1) is 13.2. The molecule has 2 aromatic carbocycles. The summed E-state index contributed by atoms with van der Waals surface area (Å²) in [7, 11) is 0. The van der Waals surface area contributed by atoms with Crippen molar-refractivity contribution in [3.63, 3.8) is 0 Å². The SMILES string of the molecule is N#Cc1ccc([C@@H]2[C@@H]3C(=O)N(c4ccccc4)C(=O)[C@@H]3N3CCCN23)cc1. The van der Waals surface area contributed by atoms with Gasteiger partial charge in [-0.1, -0.05) is 30.3 Å². The normalized spacial score (nSPS) is 27.7. The summed E-state index contributed by atoms with van der Waals surface area (Å²) in [4.78, 5) is 27.9. The van der Waals surface area contributed by atoms with Crippen molar-refractivity contribution in [2.45, 2.75) is 18.5 Å². The van der Waals surface area contributed by atoms with E-state index in [2.05, 4.69) is 16.1 Å². The predicted octanol–water partition coefficient (Wildman–Crippen LogP) is 2.09. The average molecular weight is 358 g/mol. The predicted molar refractivity (Wildman–Crippen MR) is 98.1 cm³/mol.